The van der Waals surface area contributed by atoms with Crippen LogP contribution >= 0.6 is 12.2 Å². The van der Waals surface area contributed by atoms with E-state index in [-0.39, 0.29) is 0 Å². The maximum atomic E-state index is 5.78. The van der Waals surface area contributed by atoms with E-state index in [2.05, 4.69) is 17.2 Å². The highest BCUT2D eigenvalue weighted by atomic mass is 32.1. The molecule has 0 aliphatic heterocycles. The number of nitrogens with two attached hydrogens (primary N) is 1. The van der Waals surface area contributed by atoms with Gasteiger partial charge in [-0.3, -0.25) is 0 Å². The summed E-state index contributed by atoms with van der Waals surface area (Å²) in [6.45, 7) is 5.20. The molecule has 0 aliphatic rings. The number of unbranched alkanes of at least 4 members (excludes halogenated alkanes) is 7. The molecule has 4 heteroatoms. The first-order valence-electron chi connectivity index (χ1n) is 8.16. The largest absolute Gasteiger partial charge is 0.389 e. The van der Waals surface area contributed by atoms with Gasteiger partial charge >= 0.3 is 0 Å². The third-order valence-corrected chi connectivity index (χ3v) is 3.93. The average molecular weight is 308 g/mol. The number of thiocarbonyl (C=S) groups is 1. The van der Waals surface area contributed by atoms with Crippen molar-refractivity contribution in [2.45, 2.75) is 65.2 Å². The van der Waals surface area contributed by atoms with Gasteiger partial charge in [-0.15, -0.1) is 0 Å². The second kappa shape index (κ2) is 10.6. The molecule has 0 bridgehead atoms. The number of rotatable bonds is 11. The Labute approximate surface area is 134 Å². The fourth-order valence-corrected chi connectivity index (χ4v) is 2.73. The first-order chi connectivity index (χ1) is 10.2. The number of hydrogen-bond donors (Lipinski definition) is 2. The Morgan fingerprint density at radius 2 is 1.76 bits per heavy atom. The van der Waals surface area contributed by atoms with Gasteiger partial charge in [0.2, 0.25) is 0 Å². The topological polar surface area (TPSA) is 50.9 Å². The van der Waals surface area contributed by atoms with E-state index < -0.39 is 0 Å². The summed E-state index contributed by atoms with van der Waals surface area (Å²) in [5, 5.41) is 3.37. The van der Waals surface area contributed by atoms with Gasteiger partial charge in [0, 0.05) is 12.7 Å². The Bertz CT molecular complexity index is 432. The lowest BCUT2D eigenvalue weighted by atomic mass is 10.1. The molecule has 0 aliphatic carbocycles. The molecule has 0 atom stereocenters. The molecular weight excluding hydrogens is 278 g/mol. The predicted octanol–water partition coefficient (Wildman–Crippen LogP) is 4.58. The maximum absolute atomic E-state index is 5.78. The third kappa shape index (κ3) is 6.89. The first kappa shape index (κ1) is 17.9. The zero-order chi connectivity index (χ0) is 15.5. The molecule has 0 aromatic carbocycles. The van der Waals surface area contributed by atoms with Crippen molar-refractivity contribution in [1.29, 1.82) is 0 Å². The molecule has 1 rings (SSSR count). The molecule has 0 spiro atoms. The number of hydrogen-bond acceptors (Lipinski definition) is 3. The van der Waals surface area contributed by atoms with Gasteiger partial charge in [0.1, 0.15) is 10.8 Å². The van der Waals surface area contributed by atoms with Crippen LogP contribution in [0.2, 0.25) is 0 Å². The zero-order valence-corrected chi connectivity index (χ0v) is 14.3. The zero-order valence-electron chi connectivity index (χ0n) is 13.5. The molecule has 0 saturated carbocycles. The summed E-state index contributed by atoms with van der Waals surface area (Å²) in [7, 11) is 0. The number of nitrogens with one attached hydrogen (secondary N) is 1. The minimum atomic E-state index is 0.416. The van der Waals surface area contributed by atoms with Crippen molar-refractivity contribution in [3.63, 3.8) is 0 Å². The highest BCUT2D eigenvalue weighted by Crippen LogP contribution is 2.16. The highest BCUT2D eigenvalue weighted by Gasteiger charge is 2.08. The van der Waals surface area contributed by atoms with Gasteiger partial charge in [0.15, 0.2) is 0 Å². The average Bonchev–Trinajstić information content (AvgIpc) is 2.45. The van der Waals surface area contributed by atoms with Crippen molar-refractivity contribution < 1.29 is 0 Å². The van der Waals surface area contributed by atoms with Crippen molar-refractivity contribution in [3.8, 4) is 0 Å². The predicted molar refractivity (Wildman–Crippen MR) is 96.0 cm³/mol. The Kier molecular flexibility index (Phi) is 8.99. The van der Waals surface area contributed by atoms with Gasteiger partial charge in [-0.2, -0.15) is 0 Å². The van der Waals surface area contributed by atoms with E-state index in [0.29, 0.717) is 4.99 Å². The van der Waals surface area contributed by atoms with Crippen molar-refractivity contribution >= 4 is 23.0 Å². The summed E-state index contributed by atoms with van der Waals surface area (Å²) in [4.78, 5) is 4.77. The van der Waals surface area contributed by atoms with Gasteiger partial charge in [0.05, 0.1) is 5.56 Å². The molecule has 3 nitrogen and oxygen atoms in total. The van der Waals surface area contributed by atoms with E-state index in [0.717, 1.165) is 23.5 Å². The smallest absolute Gasteiger partial charge is 0.136 e. The lowest BCUT2D eigenvalue weighted by Crippen LogP contribution is -2.16. The second-order valence-corrected chi connectivity index (χ2v) is 6.06. The van der Waals surface area contributed by atoms with E-state index in [1.165, 1.54) is 51.4 Å². The molecule has 21 heavy (non-hydrogen) atoms. The Morgan fingerprint density at radius 3 is 2.38 bits per heavy atom. The van der Waals surface area contributed by atoms with Crippen molar-refractivity contribution in [3.05, 3.63) is 23.4 Å². The summed E-state index contributed by atoms with van der Waals surface area (Å²) in [5.41, 5.74) is 7.74. The van der Waals surface area contributed by atoms with Crippen LogP contribution in [0, 0.1) is 6.92 Å². The Hall–Kier alpha value is -1.16. The minimum absolute atomic E-state index is 0.416. The lowest BCUT2D eigenvalue weighted by molar-refractivity contribution is 0.581. The van der Waals surface area contributed by atoms with Gasteiger partial charge < -0.3 is 11.1 Å². The van der Waals surface area contributed by atoms with Gasteiger partial charge in [-0.25, -0.2) is 4.98 Å². The van der Waals surface area contributed by atoms with Crippen LogP contribution in [0.25, 0.3) is 0 Å². The van der Waals surface area contributed by atoms with E-state index >= 15 is 0 Å². The first-order valence-corrected chi connectivity index (χ1v) is 8.57. The molecule has 0 unspecified atom stereocenters. The molecule has 0 saturated heterocycles. The number of aryl methyl sites for hydroxylation is 1. The monoisotopic (exact) mass is 307 g/mol. The quantitative estimate of drug-likeness (QED) is 0.464. The summed E-state index contributed by atoms with van der Waals surface area (Å²) >= 11 is 5.11. The fourth-order valence-electron chi connectivity index (χ4n) is 2.47. The van der Waals surface area contributed by atoms with Crippen LogP contribution in [0.5, 0.6) is 0 Å². The molecule has 0 amide bonds. The number of aromatic nitrogens is 1. The maximum Gasteiger partial charge on any atom is 0.136 e. The van der Waals surface area contributed by atoms with Crippen LogP contribution in [-0.4, -0.2) is 16.5 Å². The van der Waals surface area contributed by atoms with Gasteiger partial charge in [-0.05, 0) is 25.0 Å². The summed E-state index contributed by atoms with van der Waals surface area (Å²) in [5.74, 6) is 0.824. The minimum Gasteiger partial charge on any atom is -0.389 e. The summed E-state index contributed by atoms with van der Waals surface area (Å²) < 4.78 is 0. The molecule has 1 heterocycles. The van der Waals surface area contributed by atoms with Crippen molar-refractivity contribution in [2.24, 2.45) is 5.73 Å². The highest BCUT2D eigenvalue weighted by molar-refractivity contribution is 7.80. The van der Waals surface area contributed by atoms with E-state index in [4.69, 9.17) is 18.0 Å². The van der Waals surface area contributed by atoms with Gasteiger partial charge in [0.25, 0.3) is 0 Å². The molecule has 1 aromatic rings. The van der Waals surface area contributed by atoms with Crippen LogP contribution in [0.15, 0.2) is 12.3 Å². The van der Waals surface area contributed by atoms with E-state index in [1.807, 2.05) is 13.0 Å². The molecule has 1 aromatic heterocycles. The van der Waals surface area contributed by atoms with Crippen LogP contribution in [0.4, 0.5) is 5.82 Å². The number of pyridine rings is 1. The Morgan fingerprint density at radius 1 is 1.14 bits per heavy atom. The van der Waals surface area contributed by atoms with E-state index in [9.17, 15) is 0 Å². The van der Waals surface area contributed by atoms with Crippen LogP contribution < -0.4 is 11.1 Å². The van der Waals surface area contributed by atoms with Crippen LogP contribution in [-0.2, 0) is 0 Å². The SMILES string of the molecule is CCCCCCCCCCNc1nccc(C)c1C(N)=S. The second-order valence-electron chi connectivity index (χ2n) is 5.62. The van der Waals surface area contributed by atoms with Gasteiger partial charge in [-0.1, -0.05) is 64.1 Å². The standard InChI is InChI=1S/C17H29N3S/c1-3-4-5-6-7-8-9-10-12-19-17-15(16(18)21)14(2)11-13-20-17/h11,13H,3-10,12H2,1-2H3,(H2,18,21)(H,19,20). The Balaban J connectivity index is 2.21. The van der Waals surface area contributed by atoms with Crippen LogP contribution in [0.1, 0.15) is 69.4 Å². The van der Waals surface area contributed by atoms with Crippen molar-refractivity contribution in [1.82, 2.24) is 4.98 Å². The molecule has 118 valence electrons. The van der Waals surface area contributed by atoms with Crippen LogP contribution in [0.3, 0.4) is 0 Å². The molecule has 0 radical (unpaired) electrons. The molecule has 0 fully saturated rings. The number of nitrogens with zero attached hydrogens (tertiary/aromatic N) is 1. The summed E-state index contributed by atoms with van der Waals surface area (Å²) in [6, 6.07) is 1.94. The fraction of sp³-hybridized carbons (Fsp3) is 0.647. The molecular formula is C17H29N3S. The number of anilines is 1. The van der Waals surface area contributed by atoms with E-state index in [1.54, 1.807) is 6.20 Å². The molecule has 3 N–H and O–H groups in total. The van der Waals surface area contributed by atoms with Crippen molar-refractivity contribution in [2.75, 3.05) is 11.9 Å². The normalized spacial score (nSPS) is 10.6. The third-order valence-electron chi connectivity index (χ3n) is 3.73. The summed E-state index contributed by atoms with van der Waals surface area (Å²) in [6.07, 6.45) is 12.4. The lowest BCUT2D eigenvalue weighted by Gasteiger charge is -2.12.